The van der Waals surface area contributed by atoms with Crippen LogP contribution in [0, 0.1) is 6.92 Å². The molecule has 0 radical (unpaired) electrons. The number of carboxylic acids is 1. The van der Waals surface area contributed by atoms with Gasteiger partial charge in [0.15, 0.2) is 0 Å². The monoisotopic (exact) mass is 420 g/mol. The van der Waals surface area contributed by atoms with Crippen LogP contribution in [0.15, 0.2) is 58.8 Å². The van der Waals surface area contributed by atoms with Gasteiger partial charge in [-0.05, 0) is 25.1 Å². The number of nitrogens with one attached hydrogen (secondary N) is 1. The normalized spacial score (nSPS) is 10.8. The van der Waals surface area contributed by atoms with Crippen molar-refractivity contribution in [1.82, 2.24) is 14.5 Å². The van der Waals surface area contributed by atoms with Gasteiger partial charge in [-0.2, -0.15) is 0 Å². The fraction of sp³-hybridized carbons (Fsp3) is 0.0952. The zero-order valence-corrected chi connectivity index (χ0v) is 16.6. The Balaban J connectivity index is 1.86. The molecule has 2 N–H and O–H groups in total. The first kappa shape index (κ1) is 19.5. The lowest BCUT2D eigenvalue weighted by Gasteiger charge is -2.13. The summed E-state index contributed by atoms with van der Waals surface area (Å²) >= 11 is 1.08. The van der Waals surface area contributed by atoms with Gasteiger partial charge in [0, 0.05) is 17.1 Å². The second-order valence-corrected chi connectivity index (χ2v) is 7.45. The molecule has 0 spiro atoms. The Morgan fingerprint density at radius 1 is 1.20 bits per heavy atom. The standard InChI is InChI=1S/C21H16N4O4S/c1-12-5-4-6-13(9-12)18-24-19-17(14(11-30-19)21(28)29)20(27)25(18)10-16(26)23-15-7-2-3-8-22-15/h2-9,11H,10H2,1H3,(H,28,29)(H,22,23,26). The van der Waals surface area contributed by atoms with Gasteiger partial charge in [-0.3, -0.25) is 14.2 Å². The number of nitrogens with zero attached hydrogens (tertiary/aromatic N) is 3. The molecule has 0 fully saturated rings. The number of rotatable bonds is 5. The minimum absolute atomic E-state index is 0.00506. The van der Waals surface area contributed by atoms with E-state index in [2.05, 4.69) is 15.3 Å². The number of pyridine rings is 1. The summed E-state index contributed by atoms with van der Waals surface area (Å²) in [5.41, 5.74) is 0.919. The van der Waals surface area contributed by atoms with Gasteiger partial charge < -0.3 is 10.4 Å². The van der Waals surface area contributed by atoms with Gasteiger partial charge in [-0.1, -0.05) is 29.8 Å². The van der Waals surface area contributed by atoms with Crippen molar-refractivity contribution < 1.29 is 14.7 Å². The number of anilines is 1. The Hall–Kier alpha value is -3.85. The third kappa shape index (κ3) is 3.70. The summed E-state index contributed by atoms with van der Waals surface area (Å²) in [7, 11) is 0. The number of amides is 1. The summed E-state index contributed by atoms with van der Waals surface area (Å²) in [5.74, 6) is -1.04. The van der Waals surface area contributed by atoms with Gasteiger partial charge in [0.05, 0.1) is 10.9 Å². The van der Waals surface area contributed by atoms with Crippen molar-refractivity contribution in [1.29, 1.82) is 0 Å². The molecule has 150 valence electrons. The predicted molar refractivity (Wildman–Crippen MR) is 114 cm³/mol. The van der Waals surface area contributed by atoms with Crippen molar-refractivity contribution >= 4 is 39.2 Å². The molecule has 0 aliphatic heterocycles. The molecular weight excluding hydrogens is 404 g/mol. The molecule has 0 aliphatic rings. The van der Waals surface area contributed by atoms with Crippen molar-refractivity contribution in [2.75, 3.05) is 5.32 Å². The van der Waals surface area contributed by atoms with Gasteiger partial charge in [-0.15, -0.1) is 11.3 Å². The fourth-order valence-electron chi connectivity index (χ4n) is 3.10. The third-order valence-corrected chi connectivity index (χ3v) is 5.31. The minimum Gasteiger partial charge on any atom is -0.478 e. The molecule has 0 saturated carbocycles. The maximum absolute atomic E-state index is 13.3. The van der Waals surface area contributed by atoms with Crippen LogP contribution in [-0.2, 0) is 11.3 Å². The number of carboxylic acid groups (broad SMARTS) is 1. The molecule has 4 rings (SSSR count). The zero-order valence-electron chi connectivity index (χ0n) is 15.8. The maximum atomic E-state index is 13.3. The summed E-state index contributed by atoms with van der Waals surface area (Å²) in [6.45, 7) is 1.57. The van der Waals surface area contributed by atoms with Crippen LogP contribution in [0.2, 0.25) is 0 Å². The maximum Gasteiger partial charge on any atom is 0.337 e. The van der Waals surface area contributed by atoms with E-state index >= 15 is 0 Å². The van der Waals surface area contributed by atoms with Crippen molar-refractivity contribution in [3.05, 3.63) is 75.5 Å². The molecule has 3 heterocycles. The van der Waals surface area contributed by atoms with Gasteiger partial charge in [0.2, 0.25) is 5.91 Å². The van der Waals surface area contributed by atoms with Crippen LogP contribution < -0.4 is 10.9 Å². The highest BCUT2D eigenvalue weighted by Gasteiger charge is 2.21. The first-order valence-electron chi connectivity index (χ1n) is 8.97. The summed E-state index contributed by atoms with van der Waals surface area (Å²) in [6.07, 6.45) is 1.54. The number of hydrogen-bond donors (Lipinski definition) is 2. The zero-order chi connectivity index (χ0) is 21.3. The number of aromatic carboxylic acids is 1. The Morgan fingerprint density at radius 2 is 2.03 bits per heavy atom. The lowest BCUT2D eigenvalue weighted by Crippen LogP contribution is -2.30. The van der Waals surface area contributed by atoms with Crippen molar-refractivity contribution in [3.8, 4) is 11.4 Å². The largest absolute Gasteiger partial charge is 0.478 e. The third-order valence-electron chi connectivity index (χ3n) is 4.43. The van der Waals surface area contributed by atoms with E-state index in [1.54, 1.807) is 24.3 Å². The van der Waals surface area contributed by atoms with Crippen molar-refractivity contribution in [2.45, 2.75) is 13.5 Å². The molecule has 0 saturated heterocycles. The minimum atomic E-state index is -1.21. The van der Waals surface area contributed by atoms with E-state index in [4.69, 9.17) is 0 Å². The first-order valence-corrected chi connectivity index (χ1v) is 9.85. The van der Waals surface area contributed by atoms with Crippen LogP contribution in [0.25, 0.3) is 21.6 Å². The number of aryl methyl sites for hydroxylation is 1. The Labute approximate surface area is 174 Å². The Morgan fingerprint density at radius 3 is 2.73 bits per heavy atom. The Kier molecular flexibility index (Phi) is 5.11. The number of fused-ring (bicyclic) bond motifs is 1. The van der Waals surface area contributed by atoms with E-state index in [0.717, 1.165) is 16.9 Å². The van der Waals surface area contributed by atoms with E-state index in [0.29, 0.717) is 22.0 Å². The summed E-state index contributed by atoms with van der Waals surface area (Å²) in [4.78, 5) is 46.3. The topological polar surface area (TPSA) is 114 Å². The predicted octanol–water partition coefficient (Wildman–Crippen LogP) is 3.17. The molecule has 0 unspecified atom stereocenters. The highest BCUT2D eigenvalue weighted by atomic mass is 32.1. The molecule has 1 amide bonds. The molecule has 0 aliphatic carbocycles. The van der Waals surface area contributed by atoms with Crippen LogP contribution in [-0.4, -0.2) is 31.5 Å². The first-order chi connectivity index (χ1) is 14.4. The van der Waals surface area contributed by atoms with E-state index in [1.807, 2.05) is 25.1 Å². The van der Waals surface area contributed by atoms with E-state index in [1.165, 1.54) is 16.1 Å². The SMILES string of the molecule is Cc1cccc(-c2nc3scc(C(=O)O)c3c(=O)n2CC(=O)Nc2ccccn2)c1. The number of aromatic nitrogens is 3. The molecule has 0 atom stereocenters. The number of benzene rings is 1. The molecule has 30 heavy (non-hydrogen) atoms. The highest BCUT2D eigenvalue weighted by molar-refractivity contribution is 7.17. The molecule has 0 bridgehead atoms. The summed E-state index contributed by atoms with van der Waals surface area (Å²) in [6, 6.07) is 12.5. The van der Waals surface area contributed by atoms with Crippen molar-refractivity contribution in [2.24, 2.45) is 0 Å². The van der Waals surface area contributed by atoms with Crippen LogP contribution in [0.3, 0.4) is 0 Å². The molecule has 4 aromatic rings. The average Bonchev–Trinajstić information content (AvgIpc) is 3.15. The summed E-state index contributed by atoms with van der Waals surface area (Å²) in [5, 5.41) is 13.4. The van der Waals surface area contributed by atoms with Gasteiger partial charge in [-0.25, -0.2) is 14.8 Å². The smallest absolute Gasteiger partial charge is 0.337 e. The molecule has 3 aromatic heterocycles. The van der Waals surface area contributed by atoms with Gasteiger partial charge in [0.1, 0.15) is 23.0 Å². The van der Waals surface area contributed by atoms with Crippen LogP contribution in [0.4, 0.5) is 5.82 Å². The average molecular weight is 420 g/mol. The van der Waals surface area contributed by atoms with Crippen molar-refractivity contribution in [3.63, 3.8) is 0 Å². The number of carbonyl (C=O) groups excluding carboxylic acids is 1. The van der Waals surface area contributed by atoms with E-state index < -0.39 is 17.4 Å². The van der Waals surface area contributed by atoms with Gasteiger partial charge in [0.25, 0.3) is 5.56 Å². The molecular formula is C21H16N4O4S. The number of thiophene rings is 1. The fourth-order valence-corrected chi connectivity index (χ4v) is 4.00. The Bertz CT molecular complexity index is 1330. The summed E-state index contributed by atoms with van der Waals surface area (Å²) < 4.78 is 1.20. The van der Waals surface area contributed by atoms with Crippen LogP contribution in [0.5, 0.6) is 0 Å². The second kappa shape index (κ2) is 7.88. The van der Waals surface area contributed by atoms with Crippen LogP contribution in [0.1, 0.15) is 15.9 Å². The van der Waals surface area contributed by atoms with E-state index in [9.17, 15) is 19.5 Å². The lowest BCUT2D eigenvalue weighted by atomic mass is 10.1. The number of carbonyl (C=O) groups is 2. The van der Waals surface area contributed by atoms with Crippen LogP contribution >= 0.6 is 11.3 Å². The highest BCUT2D eigenvalue weighted by Crippen LogP contribution is 2.26. The number of hydrogen-bond acceptors (Lipinski definition) is 6. The van der Waals surface area contributed by atoms with Gasteiger partial charge >= 0.3 is 5.97 Å². The molecule has 9 heteroatoms. The molecule has 1 aromatic carbocycles. The molecule has 8 nitrogen and oxygen atoms in total. The quantitative estimate of drug-likeness (QED) is 0.513. The van der Waals surface area contributed by atoms with E-state index in [-0.39, 0.29) is 17.5 Å². The second-order valence-electron chi connectivity index (χ2n) is 6.59. The lowest BCUT2D eigenvalue weighted by molar-refractivity contribution is -0.116.